The normalized spacial score (nSPS) is 29.3. The first-order valence-corrected chi connectivity index (χ1v) is 7.43. The summed E-state index contributed by atoms with van der Waals surface area (Å²) in [5, 5.41) is 0. The van der Waals surface area contributed by atoms with E-state index in [1.807, 2.05) is 0 Å². The van der Waals surface area contributed by atoms with Crippen molar-refractivity contribution < 1.29 is 9.47 Å². The quantitative estimate of drug-likeness (QED) is 0.726. The van der Waals surface area contributed by atoms with Crippen LogP contribution in [0.3, 0.4) is 0 Å². The molecule has 1 aliphatic heterocycles. The second kappa shape index (κ2) is 6.58. The maximum absolute atomic E-state index is 5.89. The fourth-order valence-corrected chi connectivity index (χ4v) is 3.11. The van der Waals surface area contributed by atoms with E-state index in [4.69, 9.17) is 9.47 Å². The van der Waals surface area contributed by atoms with Crippen LogP contribution < -0.4 is 0 Å². The molecule has 0 bridgehead atoms. The predicted octanol–water partition coefficient (Wildman–Crippen LogP) is 2.68. The zero-order valence-corrected chi connectivity index (χ0v) is 12.1. The molecule has 0 spiro atoms. The van der Waals surface area contributed by atoms with E-state index < -0.39 is 0 Å². The van der Waals surface area contributed by atoms with Crippen LogP contribution in [0.15, 0.2) is 11.3 Å². The van der Waals surface area contributed by atoms with Crippen molar-refractivity contribution in [3.8, 4) is 0 Å². The van der Waals surface area contributed by atoms with Gasteiger partial charge in [-0.05, 0) is 24.8 Å². The molecule has 104 valence electrons. The third-order valence-electron chi connectivity index (χ3n) is 4.20. The molecule has 0 aromatic rings. The van der Waals surface area contributed by atoms with E-state index in [0.29, 0.717) is 11.8 Å². The van der Waals surface area contributed by atoms with E-state index in [-0.39, 0.29) is 0 Å². The Morgan fingerprint density at radius 2 is 2.00 bits per heavy atom. The molecule has 1 saturated heterocycles. The van der Waals surface area contributed by atoms with Crippen molar-refractivity contribution in [1.82, 2.24) is 4.90 Å². The average molecular weight is 253 g/mol. The minimum Gasteiger partial charge on any atom is -0.498 e. The molecule has 0 aromatic heterocycles. The first kappa shape index (κ1) is 13.9. The lowest BCUT2D eigenvalue weighted by atomic mass is 9.71. The highest BCUT2D eigenvalue weighted by atomic mass is 16.5. The summed E-state index contributed by atoms with van der Waals surface area (Å²) in [6, 6.07) is 0. The van der Waals surface area contributed by atoms with Gasteiger partial charge in [0.15, 0.2) is 0 Å². The number of allylic oxidation sites excluding steroid dienone is 1. The molecule has 1 aliphatic carbocycles. The molecule has 3 nitrogen and oxygen atoms in total. The van der Waals surface area contributed by atoms with Crippen molar-refractivity contribution in [3.63, 3.8) is 0 Å². The molecule has 3 heteroatoms. The van der Waals surface area contributed by atoms with Crippen molar-refractivity contribution >= 4 is 0 Å². The smallest absolute Gasteiger partial charge is 0.100 e. The molecule has 0 N–H and O–H groups in total. The molecule has 0 amide bonds. The number of ether oxygens (including phenoxy) is 2. The van der Waals surface area contributed by atoms with E-state index in [9.17, 15) is 0 Å². The van der Waals surface area contributed by atoms with E-state index in [0.717, 1.165) is 39.5 Å². The Morgan fingerprint density at radius 1 is 1.28 bits per heavy atom. The average Bonchev–Trinajstić information content (AvgIpc) is 2.42. The summed E-state index contributed by atoms with van der Waals surface area (Å²) in [6.07, 6.45) is 2.51. The lowest BCUT2D eigenvalue weighted by Crippen LogP contribution is -2.42. The van der Waals surface area contributed by atoms with Gasteiger partial charge in [-0.25, -0.2) is 0 Å². The minimum absolute atomic E-state index is 0.672. The third kappa shape index (κ3) is 2.89. The summed E-state index contributed by atoms with van der Waals surface area (Å²) >= 11 is 0. The molecule has 1 heterocycles. The van der Waals surface area contributed by atoms with Crippen molar-refractivity contribution in [2.45, 2.75) is 33.6 Å². The zero-order chi connectivity index (χ0) is 13.0. The van der Waals surface area contributed by atoms with E-state index in [1.165, 1.54) is 24.2 Å². The number of nitrogens with zero attached hydrogens (tertiary/aromatic N) is 1. The lowest BCUT2D eigenvalue weighted by molar-refractivity contribution is 0.0355. The van der Waals surface area contributed by atoms with Gasteiger partial charge in [-0.2, -0.15) is 0 Å². The number of hydrogen-bond donors (Lipinski definition) is 0. The highest BCUT2D eigenvalue weighted by Gasteiger charge is 2.38. The van der Waals surface area contributed by atoms with E-state index in [1.54, 1.807) is 0 Å². The van der Waals surface area contributed by atoms with Crippen LogP contribution in [0.5, 0.6) is 0 Å². The molecular weight excluding hydrogens is 226 g/mol. The summed E-state index contributed by atoms with van der Waals surface area (Å²) in [5.41, 5.74) is 1.54. The Balaban J connectivity index is 1.98. The Hall–Kier alpha value is -0.540. The summed E-state index contributed by atoms with van der Waals surface area (Å²) < 4.78 is 11.3. The van der Waals surface area contributed by atoms with Gasteiger partial charge in [-0.15, -0.1) is 0 Å². The second-order valence-electron chi connectivity index (χ2n) is 5.39. The first-order valence-electron chi connectivity index (χ1n) is 7.43. The van der Waals surface area contributed by atoms with Crippen molar-refractivity contribution in [3.05, 3.63) is 11.3 Å². The van der Waals surface area contributed by atoms with Crippen LogP contribution in [-0.4, -0.2) is 44.4 Å². The van der Waals surface area contributed by atoms with Gasteiger partial charge in [0.1, 0.15) is 5.76 Å². The second-order valence-corrected chi connectivity index (χ2v) is 5.39. The number of morpholine rings is 1. The summed E-state index contributed by atoms with van der Waals surface area (Å²) in [4.78, 5) is 2.50. The molecule has 0 radical (unpaired) electrons. The van der Waals surface area contributed by atoms with Gasteiger partial charge in [-0.3, -0.25) is 4.90 Å². The molecule has 0 aromatic carbocycles. The van der Waals surface area contributed by atoms with Gasteiger partial charge in [0.2, 0.25) is 0 Å². The van der Waals surface area contributed by atoms with Crippen LogP contribution in [0, 0.1) is 11.8 Å². The van der Waals surface area contributed by atoms with Gasteiger partial charge < -0.3 is 9.47 Å². The molecule has 2 atom stereocenters. The Kier molecular flexibility index (Phi) is 5.07. The summed E-state index contributed by atoms with van der Waals surface area (Å²) in [7, 11) is 0. The Morgan fingerprint density at radius 3 is 2.61 bits per heavy atom. The van der Waals surface area contributed by atoms with Crippen LogP contribution >= 0.6 is 0 Å². The highest BCUT2D eigenvalue weighted by molar-refractivity contribution is 5.29. The molecule has 0 saturated carbocycles. The maximum atomic E-state index is 5.89. The molecule has 2 aliphatic rings. The predicted molar refractivity (Wildman–Crippen MR) is 73.5 cm³/mol. The molecule has 1 fully saturated rings. The van der Waals surface area contributed by atoms with Gasteiger partial charge in [0, 0.05) is 25.6 Å². The maximum Gasteiger partial charge on any atom is 0.100 e. The highest BCUT2D eigenvalue weighted by Crippen LogP contribution is 2.44. The fraction of sp³-hybridized carbons (Fsp3) is 0.867. The monoisotopic (exact) mass is 253 g/mol. The van der Waals surface area contributed by atoms with Crippen molar-refractivity contribution in [2.75, 3.05) is 39.5 Å². The van der Waals surface area contributed by atoms with Crippen LogP contribution in [0.25, 0.3) is 0 Å². The Labute approximate surface area is 111 Å². The van der Waals surface area contributed by atoms with Gasteiger partial charge in [0.25, 0.3) is 0 Å². The standard InChI is InChI=1S/C15H27NO2/c1-4-6-13-12(3)14(15(13)18-5-2)11-16-7-9-17-10-8-16/h12-13H,4-11H2,1-3H3/t12-,13+/m0/s1. The summed E-state index contributed by atoms with van der Waals surface area (Å²) in [6.45, 7) is 12.5. The van der Waals surface area contributed by atoms with Gasteiger partial charge >= 0.3 is 0 Å². The third-order valence-corrected chi connectivity index (χ3v) is 4.20. The largest absolute Gasteiger partial charge is 0.498 e. The zero-order valence-electron chi connectivity index (χ0n) is 12.1. The number of rotatable bonds is 6. The summed E-state index contributed by atoms with van der Waals surface area (Å²) in [5.74, 6) is 2.68. The van der Waals surface area contributed by atoms with Crippen LogP contribution in [-0.2, 0) is 9.47 Å². The first-order chi connectivity index (χ1) is 8.77. The topological polar surface area (TPSA) is 21.7 Å². The molecule has 2 rings (SSSR count). The lowest BCUT2D eigenvalue weighted by Gasteiger charge is -2.42. The fourth-order valence-electron chi connectivity index (χ4n) is 3.11. The van der Waals surface area contributed by atoms with E-state index >= 15 is 0 Å². The SMILES string of the molecule is CCC[C@H]1C(OCC)=C(CN2CCOCC2)[C@H]1C. The van der Waals surface area contributed by atoms with Gasteiger partial charge in [-0.1, -0.05) is 20.3 Å². The van der Waals surface area contributed by atoms with Crippen LogP contribution in [0.1, 0.15) is 33.6 Å². The molecule has 0 unspecified atom stereocenters. The van der Waals surface area contributed by atoms with Crippen molar-refractivity contribution in [2.24, 2.45) is 11.8 Å². The number of hydrogen-bond acceptors (Lipinski definition) is 3. The molecule has 18 heavy (non-hydrogen) atoms. The van der Waals surface area contributed by atoms with Gasteiger partial charge in [0.05, 0.1) is 19.8 Å². The molecular formula is C15H27NO2. The van der Waals surface area contributed by atoms with Crippen LogP contribution in [0.4, 0.5) is 0 Å². The van der Waals surface area contributed by atoms with Crippen LogP contribution in [0.2, 0.25) is 0 Å². The minimum atomic E-state index is 0.672. The Bertz CT molecular complexity index is 295. The van der Waals surface area contributed by atoms with E-state index in [2.05, 4.69) is 25.7 Å². The van der Waals surface area contributed by atoms with Crippen molar-refractivity contribution in [1.29, 1.82) is 0 Å².